The Kier molecular flexibility index (Phi) is 12.4. The van der Waals surface area contributed by atoms with Crippen molar-refractivity contribution in [1.82, 2.24) is 20.4 Å². The molecule has 1 saturated heterocycles. The number of aromatic amines is 1. The van der Waals surface area contributed by atoms with Crippen LogP contribution in [0.2, 0.25) is 10.0 Å². The van der Waals surface area contributed by atoms with Gasteiger partial charge in [0.25, 0.3) is 11.8 Å². The summed E-state index contributed by atoms with van der Waals surface area (Å²) in [4.78, 5) is 45.0. The molecule has 0 spiro atoms. The van der Waals surface area contributed by atoms with Crippen molar-refractivity contribution in [2.24, 2.45) is 0 Å². The van der Waals surface area contributed by atoms with Crippen LogP contribution in [0.4, 0.5) is 5.69 Å². The third kappa shape index (κ3) is 8.37. The average Bonchev–Trinajstić information content (AvgIpc) is 3.10. The molecule has 3 rings (SSSR count). The molecule has 5 N–H and O–H groups in total. The van der Waals surface area contributed by atoms with Gasteiger partial charge in [-0.05, 0) is 25.0 Å². The Labute approximate surface area is 238 Å². The van der Waals surface area contributed by atoms with Crippen LogP contribution >= 0.6 is 30.8 Å². The Bertz CT molecular complexity index is 977. The van der Waals surface area contributed by atoms with Crippen molar-refractivity contribution in [1.29, 1.82) is 0 Å². The quantitative estimate of drug-likeness (QED) is 0.280. The van der Waals surface area contributed by atoms with Gasteiger partial charge in [-0.1, -0.05) is 29.3 Å². The summed E-state index contributed by atoms with van der Waals surface area (Å²) in [6.45, 7) is 0.899. The van der Waals surface area contributed by atoms with E-state index in [-0.39, 0.29) is 98.4 Å². The first kappa shape index (κ1) is 30.1. The summed E-state index contributed by atoms with van der Waals surface area (Å²) < 4.78 is 11.1. The van der Waals surface area contributed by atoms with Gasteiger partial charge in [-0.2, -0.15) is 5.10 Å². The summed E-state index contributed by atoms with van der Waals surface area (Å²) >= 11 is 12.1. The fourth-order valence-corrected chi connectivity index (χ4v) is 4.56. The Balaban J connectivity index is 0.00000256. The molecule has 1 fully saturated rings. The van der Waals surface area contributed by atoms with Gasteiger partial charge in [0.05, 0.1) is 21.3 Å². The number of piperidine rings is 1. The van der Waals surface area contributed by atoms with E-state index in [0.717, 1.165) is 0 Å². The van der Waals surface area contributed by atoms with Crippen LogP contribution in [0, 0.1) is 0 Å². The number of nitrogens with one attached hydrogen (secondary N) is 3. The molecule has 10 nitrogen and oxygen atoms in total. The van der Waals surface area contributed by atoms with Crippen LogP contribution in [0.3, 0.4) is 0 Å². The standard InChI is InChI=1S/C17H20Cl2N5O5P.2Na.2H/c18-11-2-1-3-12(19)14(11)16(25)22-13-8-20-23-15(13)17(26)21-10-4-6-24(7-5-10)9-30(27,28)29;;;;/h1-3,8,10H,4-7,9H2,(H,20,23)(H,21,26)(H,22,25)(H2,27,28,29);;;;. The van der Waals surface area contributed by atoms with E-state index in [1.54, 1.807) is 11.0 Å². The van der Waals surface area contributed by atoms with Gasteiger partial charge in [0.2, 0.25) is 0 Å². The molecule has 2 aromatic rings. The second-order valence-electron chi connectivity index (χ2n) is 6.87. The fraction of sp³-hybridized carbons (Fsp3) is 0.353. The number of benzene rings is 1. The van der Waals surface area contributed by atoms with Gasteiger partial charge < -0.3 is 20.4 Å². The summed E-state index contributed by atoms with van der Waals surface area (Å²) in [6.07, 6.45) is 2.15. The SMILES string of the molecule is O=C(NC1CCN(CP(=O)(O)O)CC1)c1n[nH]cc1NC(=O)c1c(Cl)cccc1Cl.[NaH].[NaH]. The first-order chi connectivity index (χ1) is 14.1. The molecule has 2 amide bonds. The zero-order valence-corrected chi connectivity index (χ0v) is 18.0. The van der Waals surface area contributed by atoms with Crippen LogP contribution in [0.15, 0.2) is 24.4 Å². The fourth-order valence-electron chi connectivity index (χ4n) is 3.19. The minimum atomic E-state index is -4.11. The Morgan fingerprint density at radius 3 is 2.31 bits per heavy atom. The molecular formula is C17H22Cl2N5Na2O5P. The van der Waals surface area contributed by atoms with Crippen molar-refractivity contribution in [3.05, 3.63) is 45.7 Å². The van der Waals surface area contributed by atoms with Gasteiger partial charge in [-0.3, -0.25) is 24.2 Å². The van der Waals surface area contributed by atoms with Gasteiger partial charge in [-0.15, -0.1) is 0 Å². The number of hydrogen-bond donors (Lipinski definition) is 5. The average molecular weight is 524 g/mol. The molecule has 32 heavy (non-hydrogen) atoms. The van der Waals surface area contributed by atoms with E-state index in [1.165, 1.54) is 18.3 Å². The van der Waals surface area contributed by atoms with E-state index < -0.39 is 19.4 Å². The number of H-pyrrole nitrogens is 1. The molecule has 1 aromatic heterocycles. The topological polar surface area (TPSA) is 148 Å². The van der Waals surface area contributed by atoms with E-state index in [2.05, 4.69) is 20.8 Å². The predicted octanol–water partition coefficient (Wildman–Crippen LogP) is 1.00. The molecule has 0 bridgehead atoms. The molecule has 1 aliphatic heterocycles. The second-order valence-corrected chi connectivity index (χ2v) is 9.30. The van der Waals surface area contributed by atoms with Crippen LogP contribution in [0.1, 0.15) is 33.7 Å². The van der Waals surface area contributed by atoms with Crippen molar-refractivity contribution in [2.45, 2.75) is 18.9 Å². The van der Waals surface area contributed by atoms with Crippen LogP contribution in [0.25, 0.3) is 0 Å². The summed E-state index contributed by atoms with van der Waals surface area (Å²) in [5.74, 6) is -1.06. The number of rotatable bonds is 6. The molecule has 15 heteroatoms. The molecule has 0 radical (unpaired) electrons. The van der Waals surface area contributed by atoms with Crippen molar-refractivity contribution in [3.63, 3.8) is 0 Å². The molecule has 0 aliphatic carbocycles. The first-order valence-electron chi connectivity index (χ1n) is 9.01. The van der Waals surface area contributed by atoms with Gasteiger partial charge in [0, 0.05) is 25.3 Å². The molecule has 1 aliphatic rings. The van der Waals surface area contributed by atoms with Gasteiger partial charge in [0.15, 0.2) is 5.69 Å². The number of carbonyl (C=O) groups is 2. The van der Waals surface area contributed by atoms with E-state index in [4.69, 9.17) is 33.0 Å². The van der Waals surface area contributed by atoms with Gasteiger partial charge in [-0.25, -0.2) is 0 Å². The molecule has 0 unspecified atom stereocenters. The van der Waals surface area contributed by atoms with E-state index in [9.17, 15) is 14.2 Å². The van der Waals surface area contributed by atoms with Crippen molar-refractivity contribution < 1.29 is 23.9 Å². The number of aromatic nitrogens is 2. The molecule has 1 aromatic carbocycles. The summed E-state index contributed by atoms with van der Waals surface area (Å²) in [5.41, 5.74) is 0.266. The van der Waals surface area contributed by atoms with Crippen molar-refractivity contribution in [2.75, 3.05) is 24.7 Å². The number of carbonyl (C=O) groups excluding carboxylic acids is 2. The van der Waals surface area contributed by atoms with Gasteiger partial charge in [0.1, 0.15) is 6.29 Å². The maximum absolute atomic E-state index is 12.6. The number of anilines is 1. The Hall–Kier alpha value is 0.0600. The number of nitrogens with zero attached hydrogens (tertiary/aromatic N) is 2. The third-order valence-electron chi connectivity index (χ3n) is 4.60. The minimum absolute atomic E-state index is 0. The van der Waals surface area contributed by atoms with Gasteiger partial charge >= 0.3 is 66.7 Å². The Morgan fingerprint density at radius 2 is 1.75 bits per heavy atom. The normalized spacial score (nSPS) is 14.8. The van der Waals surface area contributed by atoms with E-state index in [1.807, 2.05) is 0 Å². The first-order valence-corrected chi connectivity index (χ1v) is 11.6. The third-order valence-corrected chi connectivity index (χ3v) is 6.00. The summed E-state index contributed by atoms with van der Waals surface area (Å²) in [6, 6.07) is 4.50. The monoisotopic (exact) mass is 523 g/mol. The van der Waals surface area contributed by atoms with Crippen LogP contribution < -0.4 is 10.6 Å². The van der Waals surface area contributed by atoms with Crippen LogP contribution in [-0.4, -0.2) is 121 Å². The number of halogens is 2. The molecule has 2 heterocycles. The predicted molar refractivity (Wildman–Crippen MR) is 126 cm³/mol. The second kappa shape index (κ2) is 13.2. The van der Waals surface area contributed by atoms with E-state index in [0.29, 0.717) is 25.9 Å². The summed E-state index contributed by atoms with van der Waals surface area (Å²) in [5, 5.41) is 12.2. The van der Waals surface area contributed by atoms with Crippen molar-refractivity contribution in [3.8, 4) is 0 Å². The zero-order valence-electron chi connectivity index (χ0n) is 15.6. The number of likely N-dealkylation sites (tertiary alicyclic amines) is 1. The molecule has 0 saturated carbocycles. The number of hydrogen-bond acceptors (Lipinski definition) is 5. The molecular weight excluding hydrogens is 502 g/mol. The maximum atomic E-state index is 12.6. The zero-order chi connectivity index (χ0) is 21.9. The van der Waals surface area contributed by atoms with Crippen LogP contribution in [0.5, 0.6) is 0 Å². The molecule has 166 valence electrons. The Morgan fingerprint density at radius 1 is 1.16 bits per heavy atom. The van der Waals surface area contributed by atoms with Crippen LogP contribution in [-0.2, 0) is 4.57 Å². The summed E-state index contributed by atoms with van der Waals surface area (Å²) in [7, 11) is -4.11. The number of amides is 2. The molecule has 0 atom stereocenters. The van der Waals surface area contributed by atoms with Crippen molar-refractivity contribution >= 4 is 107 Å². The van der Waals surface area contributed by atoms with E-state index >= 15 is 0 Å².